The Labute approximate surface area is 247 Å². The lowest BCUT2D eigenvalue weighted by Crippen LogP contribution is -2.35. The van der Waals surface area contributed by atoms with Crippen molar-refractivity contribution < 1.29 is 18.7 Å². The molecule has 9 heteroatoms. The van der Waals surface area contributed by atoms with Crippen molar-refractivity contribution in [1.82, 2.24) is 9.55 Å². The lowest BCUT2D eigenvalue weighted by atomic mass is 9.88. The first kappa shape index (κ1) is 30.1. The molecule has 0 radical (unpaired) electrons. The van der Waals surface area contributed by atoms with Gasteiger partial charge in [0, 0.05) is 18.4 Å². The molecule has 0 aliphatic heterocycles. The van der Waals surface area contributed by atoms with E-state index in [4.69, 9.17) is 9.47 Å². The minimum absolute atomic E-state index is 0.00264. The molecule has 0 fully saturated rings. The molecular formula is C32H33BrFN3O4. The van der Waals surface area contributed by atoms with Crippen molar-refractivity contribution in [3.63, 3.8) is 0 Å². The van der Waals surface area contributed by atoms with Gasteiger partial charge in [-0.1, -0.05) is 66.7 Å². The second-order valence-electron chi connectivity index (χ2n) is 10.1. The van der Waals surface area contributed by atoms with E-state index in [-0.39, 0.29) is 21.5 Å². The summed E-state index contributed by atoms with van der Waals surface area (Å²) in [7, 11) is 1.25. The van der Waals surface area contributed by atoms with E-state index in [2.05, 4.69) is 32.3 Å². The van der Waals surface area contributed by atoms with Crippen molar-refractivity contribution in [3.05, 3.63) is 128 Å². The third-order valence-electron chi connectivity index (χ3n) is 6.70. The van der Waals surface area contributed by atoms with Gasteiger partial charge in [-0.3, -0.25) is 9.36 Å². The zero-order valence-electron chi connectivity index (χ0n) is 23.3. The number of ether oxygens (including phenoxy) is 2. The molecule has 4 aromatic rings. The molecule has 0 spiro atoms. The number of benzene rings is 3. The third-order valence-corrected chi connectivity index (χ3v) is 7.08. The second kappa shape index (κ2) is 13.7. The first-order valence-corrected chi connectivity index (χ1v) is 14.1. The van der Waals surface area contributed by atoms with Crippen LogP contribution in [-0.2, 0) is 28.0 Å². The predicted molar refractivity (Wildman–Crippen MR) is 161 cm³/mol. The molecular weight excluding hydrogens is 589 g/mol. The number of nitrogens with one attached hydrogen (secondary N) is 1. The van der Waals surface area contributed by atoms with E-state index in [9.17, 15) is 9.59 Å². The highest BCUT2D eigenvalue weighted by atomic mass is 79.9. The van der Waals surface area contributed by atoms with Gasteiger partial charge in [0.15, 0.2) is 5.82 Å². The molecule has 214 valence electrons. The van der Waals surface area contributed by atoms with Crippen molar-refractivity contribution in [1.29, 1.82) is 0 Å². The van der Waals surface area contributed by atoms with Crippen LogP contribution < -0.4 is 10.9 Å². The summed E-state index contributed by atoms with van der Waals surface area (Å²) in [6, 6.07) is 24.0. The molecule has 1 atom stereocenters. The number of nitrogens with zero attached hydrogens (tertiary/aromatic N) is 2. The van der Waals surface area contributed by atoms with Gasteiger partial charge in [-0.25, -0.2) is 14.2 Å². The molecule has 0 saturated carbocycles. The summed E-state index contributed by atoms with van der Waals surface area (Å²) in [4.78, 5) is 29.7. The van der Waals surface area contributed by atoms with Crippen LogP contribution >= 0.6 is 15.9 Å². The van der Waals surface area contributed by atoms with Gasteiger partial charge in [0.05, 0.1) is 24.8 Å². The molecule has 4 rings (SSSR count). The Hall–Kier alpha value is -3.82. The minimum atomic E-state index is -1.85. The number of anilines is 1. The van der Waals surface area contributed by atoms with E-state index in [1.807, 2.05) is 62.4 Å². The van der Waals surface area contributed by atoms with E-state index in [1.165, 1.54) is 31.5 Å². The van der Waals surface area contributed by atoms with E-state index < -0.39 is 23.4 Å². The number of aryl methyl sites for hydroxylation is 1. The Bertz CT molecular complexity index is 1540. The number of methoxy groups -OCH3 is 1. The molecule has 0 bridgehead atoms. The highest BCUT2D eigenvalue weighted by molar-refractivity contribution is 9.10. The molecule has 0 aliphatic carbocycles. The van der Waals surface area contributed by atoms with E-state index in [0.29, 0.717) is 13.2 Å². The first-order valence-electron chi connectivity index (χ1n) is 13.3. The van der Waals surface area contributed by atoms with Crippen molar-refractivity contribution in [3.8, 4) is 0 Å². The zero-order chi connectivity index (χ0) is 29.4. The summed E-state index contributed by atoms with van der Waals surface area (Å²) in [5.41, 5.74) is 2.24. The average molecular weight is 623 g/mol. The van der Waals surface area contributed by atoms with Gasteiger partial charge in [-0.05, 0) is 71.4 Å². The molecule has 0 amide bonds. The Morgan fingerprint density at radius 3 is 2.56 bits per heavy atom. The fraction of sp³-hybridized carbons (Fsp3) is 0.281. The quantitative estimate of drug-likeness (QED) is 0.138. The topological polar surface area (TPSA) is 82.5 Å². The summed E-state index contributed by atoms with van der Waals surface area (Å²) < 4.78 is 27.5. The number of carbonyl (C=O) groups is 1. The highest BCUT2D eigenvalue weighted by Gasteiger charge is 2.27. The van der Waals surface area contributed by atoms with Crippen molar-refractivity contribution in [2.45, 2.75) is 45.1 Å². The number of esters is 1. The number of aromatic nitrogens is 2. The largest absolute Gasteiger partial charge is 0.465 e. The number of alkyl halides is 1. The van der Waals surface area contributed by atoms with E-state index in [0.717, 1.165) is 34.1 Å². The standard InChI is InChI=1S/C32H33BrFN3O4/c1-32(2,26-17-8-7-13-23(26)16-10-18-41-21-22-11-5-4-6-12-22)36-29-30(38)37(20-27(33)35-29)28(34)24-14-9-15-25(19-24)31(39)40-3/h4-9,11-15,17,19-20,28H,10,16,18,21H2,1-3H3,(H,35,36). The number of halogens is 2. The van der Waals surface area contributed by atoms with Gasteiger partial charge < -0.3 is 14.8 Å². The molecule has 1 heterocycles. The van der Waals surface area contributed by atoms with Crippen molar-refractivity contribution in [2.75, 3.05) is 19.0 Å². The third kappa shape index (κ3) is 7.68. The molecule has 3 aromatic carbocycles. The van der Waals surface area contributed by atoms with Crippen LogP contribution in [0.15, 0.2) is 94.5 Å². The second-order valence-corrected chi connectivity index (χ2v) is 10.9. The van der Waals surface area contributed by atoms with Crippen molar-refractivity contribution >= 4 is 27.7 Å². The normalized spacial score (nSPS) is 12.1. The molecule has 1 aromatic heterocycles. The molecule has 0 saturated heterocycles. The highest BCUT2D eigenvalue weighted by Crippen LogP contribution is 2.29. The molecule has 7 nitrogen and oxygen atoms in total. The van der Waals surface area contributed by atoms with Crippen LogP contribution in [0.1, 0.15) is 59.2 Å². The fourth-order valence-electron chi connectivity index (χ4n) is 4.66. The molecule has 1 N–H and O–H groups in total. The van der Waals surface area contributed by atoms with Gasteiger partial charge >= 0.3 is 5.97 Å². The number of hydrogen-bond donors (Lipinski definition) is 1. The SMILES string of the molecule is COC(=O)c1cccc(C(F)n2cc(Br)nc(NC(C)(C)c3ccccc3CCCOCc3ccccc3)c2=O)c1. The lowest BCUT2D eigenvalue weighted by molar-refractivity contribution is 0.0600. The smallest absolute Gasteiger partial charge is 0.337 e. The van der Waals surface area contributed by atoms with Gasteiger partial charge in [-0.15, -0.1) is 0 Å². The summed E-state index contributed by atoms with van der Waals surface area (Å²) in [6.07, 6.45) is 1.06. The maximum Gasteiger partial charge on any atom is 0.337 e. The Kier molecular flexibility index (Phi) is 10.1. The average Bonchev–Trinajstić information content (AvgIpc) is 2.98. The van der Waals surface area contributed by atoms with E-state index in [1.54, 1.807) is 6.07 Å². The zero-order valence-corrected chi connectivity index (χ0v) is 24.9. The van der Waals surface area contributed by atoms with Crippen LogP contribution in [0, 0.1) is 0 Å². The fourth-order valence-corrected chi connectivity index (χ4v) is 5.06. The van der Waals surface area contributed by atoms with Crippen LogP contribution in [0.4, 0.5) is 10.2 Å². The molecule has 0 aliphatic rings. The lowest BCUT2D eigenvalue weighted by Gasteiger charge is -2.30. The predicted octanol–water partition coefficient (Wildman–Crippen LogP) is 6.81. The Balaban J connectivity index is 1.51. The van der Waals surface area contributed by atoms with Crippen LogP contribution in [0.2, 0.25) is 0 Å². The van der Waals surface area contributed by atoms with Crippen LogP contribution in [-0.4, -0.2) is 29.2 Å². The monoisotopic (exact) mass is 621 g/mol. The van der Waals surface area contributed by atoms with Crippen LogP contribution in [0.25, 0.3) is 0 Å². The van der Waals surface area contributed by atoms with Crippen molar-refractivity contribution in [2.24, 2.45) is 0 Å². The van der Waals surface area contributed by atoms with Crippen LogP contribution in [0.5, 0.6) is 0 Å². The Morgan fingerprint density at radius 2 is 1.80 bits per heavy atom. The summed E-state index contributed by atoms with van der Waals surface area (Å²) >= 11 is 3.32. The number of carbonyl (C=O) groups excluding carboxylic acids is 1. The first-order chi connectivity index (χ1) is 19.7. The van der Waals surface area contributed by atoms with Gasteiger partial charge in [0.1, 0.15) is 4.60 Å². The van der Waals surface area contributed by atoms with Gasteiger partial charge in [-0.2, -0.15) is 0 Å². The number of hydrogen-bond acceptors (Lipinski definition) is 6. The van der Waals surface area contributed by atoms with Crippen LogP contribution in [0.3, 0.4) is 0 Å². The Morgan fingerprint density at radius 1 is 1.07 bits per heavy atom. The molecule has 41 heavy (non-hydrogen) atoms. The summed E-state index contributed by atoms with van der Waals surface area (Å²) in [5.74, 6) is -0.593. The van der Waals surface area contributed by atoms with Gasteiger partial charge in [0.2, 0.25) is 6.30 Å². The number of rotatable bonds is 12. The van der Waals surface area contributed by atoms with Gasteiger partial charge in [0.25, 0.3) is 5.56 Å². The summed E-state index contributed by atoms with van der Waals surface area (Å²) in [6.45, 7) is 5.09. The van der Waals surface area contributed by atoms with E-state index >= 15 is 4.39 Å². The maximum absolute atomic E-state index is 15.7. The molecule has 1 unspecified atom stereocenters. The maximum atomic E-state index is 15.7. The summed E-state index contributed by atoms with van der Waals surface area (Å²) in [5, 5.41) is 3.25. The minimum Gasteiger partial charge on any atom is -0.465 e.